The number of hydrogen-bond acceptors (Lipinski definition) is 1. The molecule has 0 aromatic heterocycles. The van der Waals surface area contributed by atoms with Gasteiger partial charge in [0.05, 0.1) is 6.67 Å². The highest BCUT2D eigenvalue weighted by Gasteiger charge is 2.07. The molecule has 0 radical (unpaired) electrons. The quantitative estimate of drug-likeness (QED) is 0.773. The van der Waals surface area contributed by atoms with E-state index in [0.29, 0.717) is 11.6 Å². The predicted molar refractivity (Wildman–Crippen MR) is 49.2 cm³/mol. The molecular formula is C9H11ClFN. The number of benzene rings is 1. The van der Waals surface area contributed by atoms with Crippen LogP contribution < -0.4 is 5.73 Å². The van der Waals surface area contributed by atoms with Gasteiger partial charge in [0.25, 0.3) is 0 Å². The van der Waals surface area contributed by atoms with Crippen LogP contribution in [-0.4, -0.2) is 13.2 Å². The topological polar surface area (TPSA) is 26.0 Å². The summed E-state index contributed by atoms with van der Waals surface area (Å²) in [4.78, 5) is 0. The average molecular weight is 188 g/mol. The van der Waals surface area contributed by atoms with Gasteiger partial charge in [0.1, 0.15) is 0 Å². The minimum Gasteiger partial charge on any atom is -0.330 e. The molecule has 0 bridgehead atoms. The van der Waals surface area contributed by atoms with Crippen molar-refractivity contribution in [3.8, 4) is 0 Å². The van der Waals surface area contributed by atoms with E-state index in [4.69, 9.17) is 17.3 Å². The second-order valence-corrected chi connectivity index (χ2v) is 3.07. The zero-order valence-corrected chi connectivity index (χ0v) is 7.39. The first-order valence-corrected chi connectivity index (χ1v) is 4.17. The highest BCUT2D eigenvalue weighted by molar-refractivity contribution is 6.30. The normalized spacial score (nSPS) is 12.9. The monoisotopic (exact) mass is 187 g/mol. The summed E-state index contributed by atoms with van der Waals surface area (Å²) in [6.45, 7) is -0.0870. The molecule has 3 heteroatoms. The fourth-order valence-corrected chi connectivity index (χ4v) is 1.15. The number of rotatable bonds is 3. The molecule has 66 valence electrons. The minimum absolute atomic E-state index is 0.192. The Bertz CT molecular complexity index is 231. The van der Waals surface area contributed by atoms with Crippen LogP contribution in [0, 0.1) is 0 Å². The van der Waals surface area contributed by atoms with Crippen LogP contribution in [0.2, 0.25) is 5.02 Å². The maximum atomic E-state index is 12.3. The summed E-state index contributed by atoms with van der Waals surface area (Å²) >= 11 is 5.68. The Balaban J connectivity index is 2.80. The van der Waals surface area contributed by atoms with Crippen molar-refractivity contribution < 1.29 is 4.39 Å². The number of halogens is 2. The summed E-state index contributed by atoms with van der Waals surface area (Å²) in [6, 6.07) is 7.10. The first kappa shape index (κ1) is 9.49. The lowest BCUT2D eigenvalue weighted by atomic mass is 10.0. The highest BCUT2D eigenvalue weighted by atomic mass is 35.5. The molecule has 0 aliphatic heterocycles. The SMILES string of the molecule is NCC(CF)c1ccc(Cl)cc1. The van der Waals surface area contributed by atoms with Crippen molar-refractivity contribution >= 4 is 11.6 Å². The second kappa shape index (κ2) is 4.43. The van der Waals surface area contributed by atoms with Crippen molar-refractivity contribution in [2.75, 3.05) is 13.2 Å². The van der Waals surface area contributed by atoms with E-state index in [1.165, 1.54) is 0 Å². The summed E-state index contributed by atoms with van der Waals surface area (Å²) in [6.07, 6.45) is 0. The third-order valence-corrected chi connectivity index (χ3v) is 2.06. The van der Waals surface area contributed by atoms with E-state index in [-0.39, 0.29) is 5.92 Å². The minimum atomic E-state index is -0.419. The molecule has 0 fully saturated rings. The Labute approximate surface area is 76.3 Å². The molecule has 0 saturated carbocycles. The van der Waals surface area contributed by atoms with Crippen LogP contribution in [0.5, 0.6) is 0 Å². The third kappa shape index (κ3) is 2.19. The first-order chi connectivity index (χ1) is 5.77. The molecule has 0 aliphatic rings. The number of alkyl halides is 1. The highest BCUT2D eigenvalue weighted by Crippen LogP contribution is 2.17. The molecule has 0 spiro atoms. The van der Waals surface area contributed by atoms with Gasteiger partial charge in [-0.1, -0.05) is 23.7 Å². The van der Waals surface area contributed by atoms with Crippen LogP contribution >= 0.6 is 11.6 Å². The van der Waals surface area contributed by atoms with Gasteiger partial charge in [0.2, 0.25) is 0 Å². The fourth-order valence-electron chi connectivity index (χ4n) is 1.02. The van der Waals surface area contributed by atoms with Crippen LogP contribution in [-0.2, 0) is 0 Å². The van der Waals surface area contributed by atoms with Crippen molar-refractivity contribution in [2.45, 2.75) is 5.92 Å². The van der Waals surface area contributed by atoms with Crippen LogP contribution in [0.15, 0.2) is 24.3 Å². The maximum absolute atomic E-state index is 12.3. The van der Waals surface area contributed by atoms with Gasteiger partial charge in [-0.3, -0.25) is 4.39 Å². The summed E-state index contributed by atoms with van der Waals surface area (Å²) in [5.74, 6) is -0.192. The van der Waals surface area contributed by atoms with E-state index in [1.54, 1.807) is 24.3 Å². The predicted octanol–water partition coefficient (Wildman–Crippen LogP) is 2.35. The number of nitrogens with two attached hydrogens (primary N) is 1. The van der Waals surface area contributed by atoms with E-state index >= 15 is 0 Å². The molecule has 0 amide bonds. The van der Waals surface area contributed by atoms with Crippen molar-refractivity contribution in [3.05, 3.63) is 34.9 Å². The molecule has 1 atom stereocenters. The van der Waals surface area contributed by atoms with E-state index in [0.717, 1.165) is 5.56 Å². The van der Waals surface area contributed by atoms with E-state index in [1.807, 2.05) is 0 Å². The van der Waals surface area contributed by atoms with Gasteiger partial charge in [-0.2, -0.15) is 0 Å². The molecule has 1 rings (SSSR count). The standard InChI is InChI=1S/C9H11ClFN/c10-9-3-1-7(2-4-9)8(5-11)6-12/h1-4,8H,5-6,12H2. The molecule has 1 nitrogen and oxygen atoms in total. The van der Waals surface area contributed by atoms with E-state index in [2.05, 4.69) is 0 Å². The van der Waals surface area contributed by atoms with Gasteiger partial charge in [-0.05, 0) is 17.7 Å². The van der Waals surface area contributed by atoms with Gasteiger partial charge in [0.15, 0.2) is 0 Å². The molecular weight excluding hydrogens is 177 g/mol. The van der Waals surface area contributed by atoms with Crippen molar-refractivity contribution in [1.82, 2.24) is 0 Å². The Hall–Kier alpha value is -0.600. The van der Waals surface area contributed by atoms with Gasteiger partial charge in [-0.15, -0.1) is 0 Å². The average Bonchev–Trinajstić information content (AvgIpc) is 2.10. The van der Waals surface area contributed by atoms with Crippen LogP contribution in [0.1, 0.15) is 11.5 Å². The Kier molecular flexibility index (Phi) is 3.50. The van der Waals surface area contributed by atoms with Gasteiger partial charge >= 0.3 is 0 Å². The third-order valence-electron chi connectivity index (χ3n) is 1.81. The zero-order chi connectivity index (χ0) is 8.97. The summed E-state index contributed by atoms with van der Waals surface area (Å²) in [5.41, 5.74) is 6.29. The van der Waals surface area contributed by atoms with Gasteiger partial charge < -0.3 is 5.73 Å². The smallest absolute Gasteiger partial charge is 0.0975 e. The van der Waals surface area contributed by atoms with Crippen molar-refractivity contribution in [1.29, 1.82) is 0 Å². The first-order valence-electron chi connectivity index (χ1n) is 3.79. The van der Waals surface area contributed by atoms with Crippen molar-refractivity contribution in [3.63, 3.8) is 0 Å². The van der Waals surface area contributed by atoms with Crippen LogP contribution in [0.25, 0.3) is 0 Å². The molecule has 1 aromatic rings. The molecule has 0 aliphatic carbocycles. The molecule has 12 heavy (non-hydrogen) atoms. The van der Waals surface area contributed by atoms with Crippen LogP contribution in [0.4, 0.5) is 4.39 Å². The van der Waals surface area contributed by atoms with Crippen molar-refractivity contribution in [2.24, 2.45) is 5.73 Å². The summed E-state index contributed by atoms with van der Waals surface area (Å²) in [5, 5.41) is 0.661. The lowest BCUT2D eigenvalue weighted by Crippen LogP contribution is -2.13. The lowest BCUT2D eigenvalue weighted by molar-refractivity contribution is 0.434. The second-order valence-electron chi connectivity index (χ2n) is 2.64. The fraction of sp³-hybridized carbons (Fsp3) is 0.333. The van der Waals surface area contributed by atoms with Gasteiger partial charge in [-0.25, -0.2) is 0 Å². The molecule has 1 unspecified atom stereocenters. The molecule has 1 aromatic carbocycles. The Morgan fingerprint density at radius 2 is 1.92 bits per heavy atom. The zero-order valence-electron chi connectivity index (χ0n) is 6.63. The Morgan fingerprint density at radius 3 is 2.33 bits per heavy atom. The Morgan fingerprint density at radius 1 is 1.33 bits per heavy atom. The van der Waals surface area contributed by atoms with Crippen LogP contribution in [0.3, 0.4) is 0 Å². The van der Waals surface area contributed by atoms with E-state index in [9.17, 15) is 4.39 Å². The summed E-state index contributed by atoms with van der Waals surface area (Å²) < 4.78 is 12.3. The molecule has 2 N–H and O–H groups in total. The maximum Gasteiger partial charge on any atom is 0.0975 e. The largest absolute Gasteiger partial charge is 0.330 e. The molecule has 0 saturated heterocycles. The van der Waals surface area contributed by atoms with E-state index < -0.39 is 6.67 Å². The number of hydrogen-bond donors (Lipinski definition) is 1. The molecule has 0 heterocycles. The van der Waals surface area contributed by atoms with Gasteiger partial charge in [0, 0.05) is 17.5 Å². The summed E-state index contributed by atoms with van der Waals surface area (Å²) in [7, 11) is 0. The lowest BCUT2D eigenvalue weighted by Gasteiger charge is -2.09.